The molecule has 1 unspecified atom stereocenters. The van der Waals surface area contributed by atoms with E-state index in [9.17, 15) is 0 Å². The number of benzene rings is 1. The van der Waals surface area contributed by atoms with E-state index < -0.39 is 0 Å². The predicted molar refractivity (Wildman–Crippen MR) is 71.2 cm³/mol. The van der Waals surface area contributed by atoms with Crippen molar-refractivity contribution in [2.75, 3.05) is 31.3 Å². The van der Waals surface area contributed by atoms with Crippen LogP contribution in [0.1, 0.15) is 19.3 Å². The van der Waals surface area contributed by atoms with Crippen LogP contribution in [0, 0.1) is 5.92 Å². The number of hydrogen-bond donors (Lipinski definition) is 1. The number of ether oxygens (including phenoxy) is 2. The number of nitrogens with two attached hydrogens (primary N) is 1. The molecule has 4 heteroatoms. The van der Waals surface area contributed by atoms with Gasteiger partial charge in [-0.15, -0.1) is 0 Å². The third-order valence-electron chi connectivity index (χ3n) is 3.82. The molecule has 98 valence electrons. The van der Waals surface area contributed by atoms with Crippen LogP contribution < -0.4 is 20.1 Å². The third-order valence-corrected chi connectivity index (χ3v) is 3.82. The normalized spacial score (nSPS) is 22.3. The van der Waals surface area contributed by atoms with Gasteiger partial charge in [0, 0.05) is 24.8 Å². The van der Waals surface area contributed by atoms with Crippen LogP contribution in [0.15, 0.2) is 18.2 Å². The van der Waals surface area contributed by atoms with Gasteiger partial charge in [0.05, 0.1) is 0 Å². The van der Waals surface area contributed by atoms with E-state index >= 15 is 0 Å². The summed E-state index contributed by atoms with van der Waals surface area (Å²) < 4.78 is 10.8. The lowest BCUT2D eigenvalue weighted by Gasteiger charge is -2.34. The molecule has 4 nitrogen and oxygen atoms in total. The summed E-state index contributed by atoms with van der Waals surface area (Å²) in [6, 6.07) is 6.22. The Morgan fingerprint density at radius 3 is 3.06 bits per heavy atom. The van der Waals surface area contributed by atoms with E-state index in [0.29, 0.717) is 6.79 Å². The lowest BCUT2D eigenvalue weighted by Crippen LogP contribution is -2.36. The van der Waals surface area contributed by atoms with Crippen molar-refractivity contribution in [3.63, 3.8) is 0 Å². The Labute approximate surface area is 108 Å². The molecule has 1 aromatic rings. The van der Waals surface area contributed by atoms with Crippen LogP contribution in [0.2, 0.25) is 0 Å². The van der Waals surface area contributed by atoms with Crippen molar-refractivity contribution >= 4 is 5.69 Å². The van der Waals surface area contributed by atoms with Gasteiger partial charge in [-0.3, -0.25) is 0 Å². The molecule has 0 saturated carbocycles. The molecule has 0 aromatic heterocycles. The SMILES string of the molecule is NCCC1CCCN(c2ccc3c(c2)OCO3)C1. The Balaban J connectivity index is 1.73. The lowest BCUT2D eigenvalue weighted by atomic mass is 9.94. The molecule has 2 heterocycles. The molecule has 0 amide bonds. The molecule has 1 saturated heterocycles. The lowest BCUT2D eigenvalue weighted by molar-refractivity contribution is 0.174. The second-order valence-electron chi connectivity index (χ2n) is 5.07. The van der Waals surface area contributed by atoms with Gasteiger partial charge in [0.15, 0.2) is 11.5 Å². The molecule has 3 rings (SSSR count). The van der Waals surface area contributed by atoms with Crippen LogP contribution in [0.3, 0.4) is 0 Å². The molecule has 0 bridgehead atoms. The molecule has 1 aromatic carbocycles. The van der Waals surface area contributed by atoms with E-state index in [1.54, 1.807) is 0 Å². The highest BCUT2D eigenvalue weighted by atomic mass is 16.7. The quantitative estimate of drug-likeness (QED) is 0.888. The van der Waals surface area contributed by atoms with Crippen LogP contribution in [0.4, 0.5) is 5.69 Å². The summed E-state index contributed by atoms with van der Waals surface area (Å²) in [6.07, 6.45) is 3.68. The standard InChI is InChI=1S/C14H20N2O2/c15-6-5-11-2-1-7-16(9-11)12-3-4-13-14(8-12)18-10-17-13/h3-4,8,11H,1-2,5-7,9-10,15H2. The molecule has 1 fully saturated rings. The number of rotatable bonds is 3. The average Bonchev–Trinajstić information content (AvgIpc) is 2.86. The highest BCUT2D eigenvalue weighted by molar-refractivity contribution is 5.57. The fourth-order valence-electron chi connectivity index (χ4n) is 2.85. The molecular formula is C14H20N2O2. The summed E-state index contributed by atoms with van der Waals surface area (Å²) in [6.45, 7) is 3.37. The Bertz CT molecular complexity index is 420. The second-order valence-corrected chi connectivity index (χ2v) is 5.07. The zero-order chi connectivity index (χ0) is 12.4. The Kier molecular flexibility index (Phi) is 3.28. The van der Waals surface area contributed by atoms with Gasteiger partial charge in [-0.1, -0.05) is 0 Å². The first-order valence-corrected chi connectivity index (χ1v) is 6.71. The summed E-state index contributed by atoms with van der Waals surface area (Å²) in [5.41, 5.74) is 6.90. The van der Waals surface area contributed by atoms with Crippen molar-refractivity contribution in [3.8, 4) is 11.5 Å². The van der Waals surface area contributed by atoms with Gasteiger partial charge in [0.2, 0.25) is 6.79 Å². The van der Waals surface area contributed by atoms with Crippen molar-refractivity contribution in [2.24, 2.45) is 11.7 Å². The van der Waals surface area contributed by atoms with Gasteiger partial charge in [-0.2, -0.15) is 0 Å². The molecule has 0 radical (unpaired) electrons. The molecule has 2 N–H and O–H groups in total. The minimum absolute atomic E-state index is 0.342. The van der Waals surface area contributed by atoms with Crippen molar-refractivity contribution in [3.05, 3.63) is 18.2 Å². The summed E-state index contributed by atoms with van der Waals surface area (Å²) in [4.78, 5) is 2.44. The summed E-state index contributed by atoms with van der Waals surface area (Å²) in [5.74, 6) is 2.46. The molecule has 2 aliphatic heterocycles. The molecule has 18 heavy (non-hydrogen) atoms. The zero-order valence-electron chi connectivity index (χ0n) is 10.6. The van der Waals surface area contributed by atoms with E-state index in [1.807, 2.05) is 6.07 Å². The predicted octanol–water partition coefficient (Wildman–Crippen LogP) is 1.98. The first-order chi connectivity index (χ1) is 8.86. The highest BCUT2D eigenvalue weighted by Gasteiger charge is 2.21. The van der Waals surface area contributed by atoms with Crippen LogP contribution in [-0.2, 0) is 0 Å². The number of fused-ring (bicyclic) bond motifs is 1. The fourth-order valence-corrected chi connectivity index (χ4v) is 2.85. The number of hydrogen-bond acceptors (Lipinski definition) is 4. The number of anilines is 1. The van der Waals surface area contributed by atoms with Gasteiger partial charge in [0.25, 0.3) is 0 Å². The summed E-state index contributed by atoms with van der Waals surface area (Å²) in [7, 11) is 0. The molecule has 2 aliphatic rings. The Hall–Kier alpha value is -1.42. The minimum atomic E-state index is 0.342. The van der Waals surface area contributed by atoms with Gasteiger partial charge in [-0.25, -0.2) is 0 Å². The first-order valence-electron chi connectivity index (χ1n) is 6.71. The second kappa shape index (κ2) is 5.06. The monoisotopic (exact) mass is 248 g/mol. The van der Waals surface area contributed by atoms with E-state index in [-0.39, 0.29) is 0 Å². The van der Waals surface area contributed by atoms with E-state index in [1.165, 1.54) is 18.5 Å². The summed E-state index contributed by atoms with van der Waals surface area (Å²) in [5, 5.41) is 0. The van der Waals surface area contributed by atoms with Crippen molar-refractivity contribution in [2.45, 2.75) is 19.3 Å². The Morgan fingerprint density at radius 2 is 2.17 bits per heavy atom. The van der Waals surface area contributed by atoms with Crippen LogP contribution in [0.5, 0.6) is 11.5 Å². The van der Waals surface area contributed by atoms with Crippen LogP contribution in [-0.4, -0.2) is 26.4 Å². The maximum Gasteiger partial charge on any atom is 0.231 e. The van der Waals surface area contributed by atoms with Gasteiger partial charge in [-0.05, 0) is 43.9 Å². The van der Waals surface area contributed by atoms with E-state index in [0.717, 1.165) is 43.5 Å². The zero-order valence-corrected chi connectivity index (χ0v) is 10.6. The van der Waals surface area contributed by atoms with Crippen molar-refractivity contribution < 1.29 is 9.47 Å². The van der Waals surface area contributed by atoms with Gasteiger partial charge >= 0.3 is 0 Å². The third kappa shape index (κ3) is 2.25. The number of nitrogens with zero attached hydrogens (tertiary/aromatic N) is 1. The van der Waals surface area contributed by atoms with Gasteiger partial charge in [0.1, 0.15) is 0 Å². The first kappa shape index (κ1) is 11.7. The van der Waals surface area contributed by atoms with E-state index in [4.69, 9.17) is 15.2 Å². The molecular weight excluding hydrogens is 228 g/mol. The Morgan fingerprint density at radius 1 is 1.28 bits per heavy atom. The highest BCUT2D eigenvalue weighted by Crippen LogP contribution is 2.36. The molecule has 1 atom stereocenters. The van der Waals surface area contributed by atoms with Crippen LogP contribution in [0.25, 0.3) is 0 Å². The van der Waals surface area contributed by atoms with Crippen molar-refractivity contribution in [1.82, 2.24) is 0 Å². The number of piperidine rings is 1. The molecule has 0 aliphatic carbocycles. The smallest absolute Gasteiger partial charge is 0.231 e. The minimum Gasteiger partial charge on any atom is -0.454 e. The molecule has 0 spiro atoms. The van der Waals surface area contributed by atoms with Gasteiger partial charge < -0.3 is 20.1 Å². The van der Waals surface area contributed by atoms with Crippen LogP contribution >= 0.6 is 0 Å². The topological polar surface area (TPSA) is 47.7 Å². The fraction of sp³-hybridized carbons (Fsp3) is 0.571. The maximum absolute atomic E-state index is 5.66. The van der Waals surface area contributed by atoms with Crippen molar-refractivity contribution in [1.29, 1.82) is 0 Å². The summed E-state index contributed by atoms with van der Waals surface area (Å²) >= 11 is 0. The largest absolute Gasteiger partial charge is 0.454 e. The maximum atomic E-state index is 5.66. The van der Waals surface area contributed by atoms with E-state index in [2.05, 4.69) is 17.0 Å². The average molecular weight is 248 g/mol.